The Bertz CT molecular complexity index is 957. The molecule has 7 nitrogen and oxygen atoms in total. The van der Waals surface area contributed by atoms with Crippen molar-refractivity contribution in [3.05, 3.63) is 43.3 Å². The summed E-state index contributed by atoms with van der Waals surface area (Å²) in [7, 11) is 3.01. The van der Waals surface area contributed by atoms with E-state index in [1.807, 2.05) is 0 Å². The van der Waals surface area contributed by atoms with E-state index in [0.717, 1.165) is 12.8 Å². The van der Waals surface area contributed by atoms with Crippen molar-refractivity contribution in [2.75, 3.05) is 19.5 Å². The first-order valence-corrected chi connectivity index (χ1v) is 11.8. The molecular formula is C19H20BrFIN4O3-. The van der Waals surface area contributed by atoms with E-state index in [9.17, 15) is 14.0 Å². The van der Waals surface area contributed by atoms with Gasteiger partial charge in [-0.1, -0.05) is 0 Å². The number of carbonyl (C=O) groups excluding carboxylic acids is 2. The third-order valence-electron chi connectivity index (χ3n) is 4.42. The zero-order valence-electron chi connectivity index (χ0n) is 16.0. The number of benzene rings is 1. The number of ether oxygens (including phenoxy) is 1. The summed E-state index contributed by atoms with van der Waals surface area (Å²) in [5.41, 5.74) is 1.52. The average Bonchev–Trinajstić information content (AvgIpc) is 3.54. The molecule has 2 aliphatic rings. The summed E-state index contributed by atoms with van der Waals surface area (Å²) in [5, 5.41) is 8.50. The molecule has 1 aromatic carbocycles. The first-order chi connectivity index (χ1) is 13.8. The number of likely N-dealkylation sites (N-methyl/N-ethyl adjacent to an activating group) is 1. The summed E-state index contributed by atoms with van der Waals surface area (Å²) in [6.45, 7) is 1.63. The molecule has 0 unspecified atom stereocenters. The van der Waals surface area contributed by atoms with E-state index < -0.39 is 27.3 Å². The van der Waals surface area contributed by atoms with Gasteiger partial charge in [-0.25, -0.2) is 0 Å². The quantitative estimate of drug-likeness (QED) is 0.422. The van der Waals surface area contributed by atoms with Gasteiger partial charge in [-0.2, -0.15) is 0 Å². The average molecular weight is 578 g/mol. The number of nitrogens with zero attached hydrogens (tertiary/aromatic N) is 1. The topological polar surface area (TPSA) is 91.8 Å². The third-order valence-corrected chi connectivity index (χ3v) is 7.07. The van der Waals surface area contributed by atoms with Crippen LogP contribution < -0.4 is 42.2 Å². The summed E-state index contributed by atoms with van der Waals surface area (Å²) in [6, 6.07) is 1.31. The molecule has 1 aliphatic carbocycles. The second-order valence-corrected chi connectivity index (χ2v) is 8.95. The van der Waals surface area contributed by atoms with E-state index >= 15 is 0 Å². The zero-order valence-corrected chi connectivity index (χ0v) is 19.8. The third kappa shape index (κ3) is 4.97. The molecule has 0 radical (unpaired) electrons. The number of carbonyl (C=O) groups is 2. The maximum atomic E-state index is 14.3. The molecule has 2 amide bonds. The molecule has 0 aromatic heterocycles. The van der Waals surface area contributed by atoms with Crippen LogP contribution in [-0.4, -0.2) is 31.8 Å². The Balaban J connectivity index is 1.99. The van der Waals surface area contributed by atoms with Gasteiger partial charge >= 0.3 is 188 Å². The summed E-state index contributed by atoms with van der Waals surface area (Å²) in [4.78, 5) is 24.6. The predicted molar refractivity (Wildman–Crippen MR) is 108 cm³/mol. The van der Waals surface area contributed by atoms with Crippen LogP contribution in [0, 0.1) is 18.7 Å². The first-order valence-electron chi connectivity index (χ1n) is 8.81. The van der Waals surface area contributed by atoms with Gasteiger partial charge in [0.25, 0.3) is 0 Å². The molecule has 156 valence electrons. The molecule has 1 saturated carbocycles. The van der Waals surface area contributed by atoms with Gasteiger partial charge in [0.05, 0.1) is 0 Å². The number of halogens is 3. The fraction of sp³-hybridized carbons (Fsp3) is 0.316. The molecule has 0 saturated heterocycles. The zero-order chi connectivity index (χ0) is 21.1. The number of amides is 2. The molecule has 0 atom stereocenters. The molecule has 1 aromatic rings. The number of amidine groups is 1. The molecule has 29 heavy (non-hydrogen) atoms. The van der Waals surface area contributed by atoms with Crippen LogP contribution in [-0.2, 0) is 9.59 Å². The summed E-state index contributed by atoms with van der Waals surface area (Å²) in [6.07, 6.45) is 3.34. The van der Waals surface area contributed by atoms with Crippen LogP contribution in [0.1, 0.15) is 18.4 Å². The summed E-state index contributed by atoms with van der Waals surface area (Å²) < 4.78 is 26.4. The van der Waals surface area contributed by atoms with Crippen LogP contribution in [0.2, 0.25) is 0 Å². The molecule has 0 spiro atoms. The summed E-state index contributed by atoms with van der Waals surface area (Å²) in [5.74, 6) is 0.00626. The number of hydrogen-bond donors (Lipinski definition) is 3. The van der Waals surface area contributed by atoms with Gasteiger partial charge in [0, 0.05) is 0 Å². The van der Waals surface area contributed by atoms with Crippen molar-refractivity contribution in [3.63, 3.8) is 0 Å². The second kappa shape index (κ2) is 9.24. The van der Waals surface area contributed by atoms with Crippen molar-refractivity contribution in [3.8, 4) is 5.75 Å². The van der Waals surface area contributed by atoms with E-state index in [4.69, 9.17) is 4.74 Å². The fourth-order valence-electron chi connectivity index (χ4n) is 2.60. The van der Waals surface area contributed by atoms with Gasteiger partial charge in [-0.3, -0.25) is 0 Å². The van der Waals surface area contributed by atoms with Gasteiger partial charge in [0.15, 0.2) is 0 Å². The second-order valence-electron chi connectivity index (χ2n) is 6.49. The van der Waals surface area contributed by atoms with Crippen LogP contribution in [0.4, 0.5) is 10.1 Å². The predicted octanol–water partition coefficient (Wildman–Crippen LogP) is -0.227. The molecule has 1 fully saturated rings. The van der Waals surface area contributed by atoms with E-state index in [0.29, 0.717) is 38.6 Å². The van der Waals surface area contributed by atoms with Gasteiger partial charge in [0.1, 0.15) is 0 Å². The van der Waals surface area contributed by atoms with Gasteiger partial charge in [0.2, 0.25) is 0 Å². The van der Waals surface area contributed by atoms with Crippen molar-refractivity contribution in [1.29, 1.82) is 0 Å². The van der Waals surface area contributed by atoms with Crippen molar-refractivity contribution < 1.29 is 40.2 Å². The van der Waals surface area contributed by atoms with Gasteiger partial charge < -0.3 is 0 Å². The number of rotatable bonds is 5. The molecule has 1 aliphatic heterocycles. The minimum atomic E-state index is -0.854. The SMILES string of the molecule is CNC(=O)C1=C[I-]N=C(NC(=O)C2CC2)C=C1Nc1cc(F)c(C)c(Br)c1OC. The van der Waals surface area contributed by atoms with E-state index in [-0.39, 0.29) is 17.7 Å². The van der Waals surface area contributed by atoms with Crippen LogP contribution in [0.5, 0.6) is 5.75 Å². The van der Waals surface area contributed by atoms with Crippen molar-refractivity contribution in [2.24, 2.45) is 9.12 Å². The summed E-state index contributed by atoms with van der Waals surface area (Å²) >= 11 is 2.50. The minimum absolute atomic E-state index is 0.0255. The number of methoxy groups -OCH3 is 1. The van der Waals surface area contributed by atoms with Gasteiger partial charge in [-0.15, -0.1) is 0 Å². The van der Waals surface area contributed by atoms with E-state index in [2.05, 4.69) is 35.1 Å². The molecular weight excluding hydrogens is 558 g/mol. The van der Waals surface area contributed by atoms with Crippen molar-refractivity contribution in [2.45, 2.75) is 19.8 Å². The monoisotopic (exact) mass is 577 g/mol. The Morgan fingerprint density at radius 1 is 1.38 bits per heavy atom. The molecule has 3 N–H and O–H groups in total. The van der Waals surface area contributed by atoms with E-state index in [1.165, 1.54) is 20.2 Å². The van der Waals surface area contributed by atoms with Crippen LogP contribution >= 0.6 is 15.9 Å². The Labute approximate surface area is 187 Å². The number of hydrogen-bond acceptors (Lipinski definition) is 5. The fourth-order valence-corrected chi connectivity index (χ4v) is 4.76. The van der Waals surface area contributed by atoms with Crippen molar-refractivity contribution >= 4 is 39.3 Å². The maximum absolute atomic E-state index is 14.3. The normalized spacial score (nSPS) is 16.4. The molecule has 3 rings (SSSR count). The first kappa shape index (κ1) is 21.8. The molecule has 1 heterocycles. The number of nitrogens with one attached hydrogen (secondary N) is 3. The van der Waals surface area contributed by atoms with Crippen LogP contribution in [0.25, 0.3) is 0 Å². The standard InChI is InChI=1S/C19H20BrFIN4O3/c1-9-12(21)6-14(17(29-3)16(9)20)24-13-7-15(25-18(27)10-4-5-10)26-22-8-11(13)19(28)23-2/h6-8,10,24H,4-5H2,1-3H3,(H,23,28)(H,25,26,27)/q-1. The van der Waals surface area contributed by atoms with Gasteiger partial charge in [-0.05, 0) is 0 Å². The Morgan fingerprint density at radius 3 is 2.72 bits per heavy atom. The molecule has 10 heteroatoms. The molecule has 0 bridgehead atoms. The van der Waals surface area contributed by atoms with Crippen molar-refractivity contribution in [1.82, 2.24) is 10.6 Å². The van der Waals surface area contributed by atoms with Crippen LogP contribution in [0.3, 0.4) is 0 Å². The van der Waals surface area contributed by atoms with Crippen LogP contribution in [0.15, 0.2) is 35.2 Å². The Morgan fingerprint density at radius 2 is 2.10 bits per heavy atom. The Kier molecular flexibility index (Phi) is 6.93. The van der Waals surface area contributed by atoms with E-state index in [1.54, 1.807) is 17.1 Å². The Hall–Kier alpha value is -1.95. The number of anilines is 1.